The van der Waals surface area contributed by atoms with Crippen LogP contribution in [0.4, 0.5) is 11.4 Å². The molecule has 0 unspecified atom stereocenters. The summed E-state index contributed by atoms with van der Waals surface area (Å²) in [5.41, 5.74) is -1.41. The smallest absolute Gasteiger partial charge is 0.352 e. The lowest BCUT2D eigenvalue weighted by Crippen LogP contribution is -2.70. The topological polar surface area (TPSA) is 217 Å². The molecule has 1 aromatic carbocycles. The maximum Gasteiger partial charge on any atom is 0.352 e. The predicted molar refractivity (Wildman–Crippen MR) is 118 cm³/mol. The Morgan fingerprint density at radius 1 is 1.26 bits per heavy atom. The number of hydrogen-bond donors (Lipinski definition) is 2. The SMILES string of the molecule is Cn1nnnc1SCC1=C(C(=O)O)N2C(=O)[C@H](NC(=O)c3cc([N+](=O)[O-])cc([N+](=O)[O-])c3)[C@@H]2SC1. The van der Waals surface area contributed by atoms with Crippen LogP contribution < -0.4 is 5.32 Å². The summed E-state index contributed by atoms with van der Waals surface area (Å²) in [4.78, 5) is 58.9. The Kier molecular flexibility index (Phi) is 6.39. The van der Waals surface area contributed by atoms with Crippen LogP contribution in [0.5, 0.6) is 0 Å². The van der Waals surface area contributed by atoms with Crippen molar-refractivity contribution in [3.63, 3.8) is 0 Å². The average Bonchev–Trinajstić information content (AvgIpc) is 3.24. The zero-order chi connectivity index (χ0) is 25.4. The number of fused-ring (bicyclic) bond motifs is 1. The molecule has 182 valence electrons. The van der Waals surface area contributed by atoms with E-state index in [4.69, 9.17) is 0 Å². The Morgan fingerprint density at radius 2 is 1.91 bits per heavy atom. The highest BCUT2D eigenvalue weighted by Gasteiger charge is 2.54. The molecule has 2 N–H and O–H groups in total. The van der Waals surface area contributed by atoms with Crippen molar-refractivity contribution < 1.29 is 29.3 Å². The summed E-state index contributed by atoms with van der Waals surface area (Å²) in [5.74, 6) is -2.46. The molecule has 18 heteroatoms. The molecule has 2 atom stereocenters. The lowest BCUT2D eigenvalue weighted by Gasteiger charge is -2.49. The van der Waals surface area contributed by atoms with Crippen LogP contribution in [0.2, 0.25) is 0 Å². The van der Waals surface area contributed by atoms with Gasteiger partial charge in [0, 0.05) is 30.7 Å². The van der Waals surface area contributed by atoms with Gasteiger partial charge in [0.15, 0.2) is 0 Å². The zero-order valence-corrected chi connectivity index (χ0v) is 19.2. The molecule has 0 bridgehead atoms. The van der Waals surface area contributed by atoms with Gasteiger partial charge in [-0.1, -0.05) is 11.8 Å². The van der Waals surface area contributed by atoms with Crippen LogP contribution in [0, 0.1) is 20.2 Å². The minimum atomic E-state index is -1.31. The summed E-state index contributed by atoms with van der Waals surface area (Å²) in [6, 6.07) is 1.31. The minimum absolute atomic E-state index is 0.196. The molecule has 0 radical (unpaired) electrons. The van der Waals surface area contributed by atoms with Crippen LogP contribution in [0.25, 0.3) is 0 Å². The van der Waals surface area contributed by atoms with E-state index in [1.807, 2.05) is 0 Å². The standard InChI is InChI=1S/C17H14N8O8S2/c1-22-17(19-20-21-22)35-6-8-5-34-15-11(14(27)23(15)12(8)16(28)29)18-13(26)7-2-9(24(30)31)4-10(3-7)25(32)33/h2-4,11,15H,5-6H2,1H3,(H,18,26)(H,28,29)/t11-,15-/m0/s1. The van der Waals surface area contributed by atoms with Crippen molar-refractivity contribution in [2.75, 3.05) is 11.5 Å². The number of carboxylic acids is 1. The van der Waals surface area contributed by atoms with Crippen LogP contribution in [0.1, 0.15) is 10.4 Å². The number of carbonyl (C=O) groups is 3. The normalized spacial score (nSPS) is 19.1. The summed E-state index contributed by atoms with van der Waals surface area (Å²) in [7, 11) is 1.63. The molecular formula is C17H14N8O8S2. The molecule has 3 heterocycles. The number of aromatic nitrogens is 4. The van der Waals surface area contributed by atoms with Crippen LogP contribution in [-0.4, -0.2) is 80.8 Å². The Morgan fingerprint density at radius 3 is 2.46 bits per heavy atom. The van der Waals surface area contributed by atoms with Crippen molar-refractivity contribution in [3.05, 3.63) is 55.3 Å². The fraction of sp³-hybridized carbons (Fsp3) is 0.294. The van der Waals surface area contributed by atoms with Gasteiger partial charge >= 0.3 is 5.97 Å². The van der Waals surface area contributed by atoms with Gasteiger partial charge in [-0.05, 0) is 16.0 Å². The van der Waals surface area contributed by atoms with Crippen molar-refractivity contribution in [1.29, 1.82) is 0 Å². The number of β-lactam (4-membered cyclic amide) rings is 1. The highest BCUT2D eigenvalue weighted by atomic mass is 32.2. The molecule has 0 spiro atoms. The average molecular weight is 522 g/mol. The minimum Gasteiger partial charge on any atom is -0.477 e. The molecule has 2 amide bonds. The molecule has 35 heavy (non-hydrogen) atoms. The summed E-state index contributed by atoms with van der Waals surface area (Å²) >= 11 is 2.43. The van der Waals surface area contributed by atoms with E-state index in [0.29, 0.717) is 16.8 Å². The molecule has 1 fully saturated rings. The molecule has 2 aromatic rings. The number of aryl methyl sites for hydroxylation is 1. The van der Waals surface area contributed by atoms with Crippen LogP contribution in [0.3, 0.4) is 0 Å². The second kappa shape index (κ2) is 9.29. The molecule has 4 rings (SSSR count). The highest BCUT2D eigenvalue weighted by molar-refractivity contribution is 8.01. The first kappa shape index (κ1) is 24.1. The van der Waals surface area contributed by atoms with Crippen LogP contribution >= 0.6 is 23.5 Å². The van der Waals surface area contributed by atoms with Gasteiger partial charge in [0.05, 0.1) is 21.5 Å². The molecule has 0 aliphatic carbocycles. The number of nitro benzene ring substituents is 2. The number of non-ortho nitro benzene ring substituents is 2. The Labute approximate surface area is 203 Å². The number of hydrogen-bond acceptors (Lipinski definition) is 12. The quantitative estimate of drug-likeness (QED) is 0.205. The van der Waals surface area contributed by atoms with Crippen molar-refractivity contribution in [1.82, 2.24) is 30.4 Å². The summed E-state index contributed by atoms with van der Waals surface area (Å²) in [6.07, 6.45) is 0. The highest BCUT2D eigenvalue weighted by Crippen LogP contribution is 2.41. The van der Waals surface area contributed by atoms with E-state index in [2.05, 4.69) is 20.8 Å². The van der Waals surface area contributed by atoms with Gasteiger partial charge in [0.1, 0.15) is 17.1 Å². The number of nitro groups is 2. The first-order valence-corrected chi connectivity index (χ1v) is 11.6. The van der Waals surface area contributed by atoms with Gasteiger partial charge < -0.3 is 10.4 Å². The fourth-order valence-corrected chi connectivity index (χ4v) is 5.79. The number of carboxylic acid groups (broad SMARTS) is 1. The number of amides is 2. The molecule has 1 saturated heterocycles. The van der Waals surface area contributed by atoms with E-state index in [-0.39, 0.29) is 22.8 Å². The number of carbonyl (C=O) groups excluding carboxylic acids is 2. The third-order valence-electron chi connectivity index (χ3n) is 5.08. The van der Waals surface area contributed by atoms with Gasteiger partial charge in [-0.2, -0.15) is 0 Å². The first-order valence-electron chi connectivity index (χ1n) is 9.58. The number of thioether (sulfide) groups is 2. The summed E-state index contributed by atoms with van der Waals surface area (Å²) in [5, 5.41) is 45.0. The van der Waals surface area contributed by atoms with Crippen LogP contribution in [-0.2, 0) is 16.6 Å². The van der Waals surface area contributed by atoms with Crippen molar-refractivity contribution in [2.45, 2.75) is 16.6 Å². The van der Waals surface area contributed by atoms with Crippen molar-refractivity contribution in [2.24, 2.45) is 7.05 Å². The van der Waals surface area contributed by atoms with Crippen LogP contribution in [0.15, 0.2) is 34.6 Å². The number of tetrazole rings is 1. The van der Waals surface area contributed by atoms with E-state index in [9.17, 15) is 39.7 Å². The number of nitrogens with zero attached hydrogens (tertiary/aromatic N) is 7. The summed E-state index contributed by atoms with van der Waals surface area (Å²) in [6.45, 7) is 0. The second-order valence-corrected chi connectivity index (χ2v) is 9.29. The maximum absolute atomic E-state index is 12.8. The van der Waals surface area contributed by atoms with Gasteiger partial charge in [0.2, 0.25) is 5.16 Å². The van der Waals surface area contributed by atoms with Gasteiger partial charge in [-0.15, -0.1) is 16.9 Å². The number of aliphatic carboxylic acids is 1. The third-order valence-corrected chi connectivity index (χ3v) is 7.52. The second-order valence-electron chi connectivity index (χ2n) is 7.24. The molecule has 1 aromatic heterocycles. The largest absolute Gasteiger partial charge is 0.477 e. The van der Waals surface area contributed by atoms with Crippen molar-refractivity contribution in [3.8, 4) is 0 Å². The first-order chi connectivity index (χ1) is 16.6. The molecule has 0 saturated carbocycles. The third kappa shape index (κ3) is 4.52. The van der Waals surface area contributed by atoms with E-state index < -0.39 is 50.4 Å². The Bertz CT molecular complexity index is 1280. The Hall–Kier alpha value is -4.06. The number of nitrogens with one attached hydrogen (secondary N) is 1. The lowest BCUT2D eigenvalue weighted by molar-refractivity contribution is -0.394. The fourth-order valence-electron chi connectivity index (χ4n) is 3.45. The number of benzene rings is 1. The molecule has 16 nitrogen and oxygen atoms in total. The van der Waals surface area contributed by atoms with E-state index in [0.717, 1.165) is 17.0 Å². The lowest BCUT2D eigenvalue weighted by atomic mass is 10.0. The Balaban J connectivity index is 1.52. The monoisotopic (exact) mass is 522 g/mol. The van der Waals surface area contributed by atoms with E-state index >= 15 is 0 Å². The van der Waals surface area contributed by atoms with Gasteiger partial charge in [-0.25, -0.2) is 9.48 Å². The van der Waals surface area contributed by atoms with E-state index in [1.165, 1.54) is 28.2 Å². The van der Waals surface area contributed by atoms with E-state index in [1.54, 1.807) is 7.05 Å². The maximum atomic E-state index is 12.8. The van der Waals surface area contributed by atoms with Gasteiger partial charge in [-0.3, -0.25) is 34.7 Å². The zero-order valence-electron chi connectivity index (χ0n) is 17.6. The number of rotatable bonds is 8. The molecule has 2 aliphatic rings. The molecule has 2 aliphatic heterocycles. The van der Waals surface area contributed by atoms with Crippen molar-refractivity contribution >= 4 is 52.7 Å². The molecular weight excluding hydrogens is 508 g/mol. The van der Waals surface area contributed by atoms with Gasteiger partial charge in [0.25, 0.3) is 23.2 Å². The predicted octanol–water partition coefficient (Wildman–Crippen LogP) is 0.171. The summed E-state index contributed by atoms with van der Waals surface area (Å²) < 4.78 is 1.42.